The van der Waals surface area contributed by atoms with Gasteiger partial charge < -0.3 is 15.0 Å². The molecule has 0 saturated carbocycles. The van der Waals surface area contributed by atoms with Crippen LogP contribution in [0.15, 0.2) is 78.9 Å². The maximum absolute atomic E-state index is 13.6. The molecule has 0 saturated heterocycles. The number of rotatable bonds is 15. The third-order valence-corrected chi connectivity index (χ3v) is 8.23. The number of hydrogen-bond donors (Lipinski definition) is 2. The van der Waals surface area contributed by atoms with Gasteiger partial charge in [-0.2, -0.15) is 0 Å². The van der Waals surface area contributed by atoms with Crippen LogP contribution in [0.5, 0.6) is 0 Å². The molecule has 3 aromatic carbocycles. The molecule has 44 heavy (non-hydrogen) atoms. The van der Waals surface area contributed by atoms with Crippen LogP contribution in [-0.2, 0) is 37.5 Å². The van der Waals surface area contributed by atoms with Crippen LogP contribution in [0.3, 0.4) is 0 Å². The van der Waals surface area contributed by atoms with Gasteiger partial charge in [0.05, 0.1) is 6.04 Å². The van der Waals surface area contributed by atoms with E-state index in [1.807, 2.05) is 44.3 Å². The highest BCUT2D eigenvalue weighted by atomic mass is 16.4. The van der Waals surface area contributed by atoms with E-state index >= 15 is 0 Å². The molecule has 0 aliphatic heterocycles. The number of aromatic nitrogens is 1. The van der Waals surface area contributed by atoms with Crippen molar-refractivity contribution in [3.05, 3.63) is 124 Å². The predicted octanol–water partition coefficient (Wildman–Crippen LogP) is 8.82. The van der Waals surface area contributed by atoms with Gasteiger partial charge in [-0.25, -0.2) is 0 Å². The Morgan fingerprint density at radius 1 is 0.795 bits per heavy atom. The molecule has 4 aromatic rings. The molecule has 1 aromatic heterocycles. The largest absolute Gasteiger partial charge is 0.481 e. The molecule has 0 aliphatic carbocycles. The molecule has 0 bridgehead atoms. The van der Waals surface area contributed by atoms with Gasteiger partial charge in [-0.1, -0.05) is 83.1 Å². The third-order valence-electron chi connectivity index (χ3n) is 8.23. The average Bonchev–Trinajstić information content (AvgIpc) is 3.31. The Bertz CT molecular complexity index is 1470. The molecule has 0 atom stereocenters. The van der Waals surface area contributed by atoms with E-state index in [2.05, 4.69) is 86.1 Å². The lowest BCUT2D eigenvalue weighted by atomic mass is 9.93. The maximum Gasteiger partial charge on any atom is 0.303 e. The normalized spacial score (nSPS) is 11.5. The lowest BCUT2D eigenvalue weighted by molar-refractivity contribution is -0.137. The summed E-state index contributed by atoms with van der Waals surface area (Å²) < 4.78 is 2.05. The van der Waals surface area contributed by atoms with Gasteiger partial charge in [-0.3, -0.25) is 9.59 Å². The highest BCUT2D eigenvalue weighted by Gasteiger charge is 2.20. The fourth-order valence-corrected chi connectivity index (χ4v) is 6.02. The first-order chi connectivity index (χ1) is 21.0. The summed E-state index contributed by atoms with van der Waals surface area (Å²) in [5, 5.41) is 12.8. The van der Waals surface area contributed by atoms with Gasteiger partial charge >= 0.3 is 5.97 Å². The number of carboxylic acids is 1. The van der Waals surface area contributed by atoms with E-state index < -0.39 is 5.97 Å². The van der Waals surface area contributed by atoms with E-state index in [0.29, 0.717) is 35.8 Å². The number of anilines is 1. The van der Waals surface area contributed by atoms with E-state index in [-0.39, 0.29) is 18.2 Å². The van der Waals surface area contributed by atoms with Crippen molar-refractivity contribution < 1.29 is 14.7 Å². The van der Waals surface area contributed by atoms with Crippen molar-refractivity contribution >= 4 is 17.4 Å². The van der Waals surface area contributed by atoms with Crippen molar-refractivity contribution in [2.75, 3.05) is 5.32 Å². The van der Waals surface area contributed by atoms with Crippen LogP contribution >= 0.6 is 0 Å². The highest BCUT2D eigenvalue weighted by molar-refractivity contribution is 6.10. The Labute approximate surface area is 263 Å². The maximum atomic E-state index is 13.6. The summed E-state index contributed by atoms with van der Waals surface area (Å²) in [6.45, 7) is 11.0. The van der Waals surface area contributed by atoms with Gasteiger partial charge in [0.25, 0.3) is 0 Å². The summed E-state index contributed by atoms with van der Waals surface area (Å²) in [6.07, 6.45) is 4.14. The van der Waals surface area contributed by atoms with Crippen LogP contribution in [0, 0.1) is 11.8 Å². The summed E-state index contributed by atoms with van der Waals surface area (Å²) in [5.74, 6) is 0.412. The molecule has 1 heterocycles. The number of benzene rings is 3. The predicted molar refractivity (Wildman–Crippen MR) is 181 cm³/mol. The first kappa shape index (κ1) is 32.8. The van der Waals surface area contributed by atoms with E-state index in [4.69, 9.17) is 5.11 Å². The van der Waals surface area contributed by atoms with Gasteiger partial charge in [0, 0.05) is 41.7 Å². The van der Waals surface area contributed by atoms with Crippen molar-refractivity contribution in [1.29, 1.82) is 0 Å². The van der Waals surface area contributed by atoms with E-state index in [1.165, 1.54) is 22.3 Å². The van der Waals surface area contributed by atoms with E-state index in [9.17, 15) is 9.59 Å². The minimum Gasteiger partial charge on any atom is -0.481 e. The standard InChI is InChI=1S/C39H48N2O3/c1-7-36-35(25-34(41(36)6)9-8-10-37(42)43)39(44)32-19-21-33(22-20-32)40-38(30-15-11-28(12-16-30)23-26(2)3)31-17-13-29(14-18-31)24-27(4)5/h11-22,25-27,38,40H,7-10,23-24H2,1-6H3,(H,42,43). The lowest BCUT2D eigenvalue weighted by Gasteiger charge is -2.22. The molecule has 0 unspecified atom stereocenters. The van der Waals surface area contributed by atoms with Crippen molar-refractivity contribution in [3.8, 4) is 0 Å². The number of nitrogens with zero attached hydrogens (tertiary/aromatic N) is 1. The first-order valence-electron chi connectivity index (χ1n) is 16.0. The quantitative estimate of drug-likeness (QED) is 0.135. The summed E-state index contributed by atoms with van der Waals surface area (Å²) in [5.41, 5.74) is 9.33. The minimum atomic E-state index is -0.798. The third kappa shape index (κ3) is 8.49. The molecule has 0 aliphatic rings. The Kier molecular flexibility index (Phi) is 11.2. The molecule has 0 radical (unpaired) electrons. The zero-order valence-electron chi connectivity index (χ0n) is 27.2. The van der Waals surface area contributed by atoms with Crippen LogP contribution in [0.4, 0.5) is 5.69 Å². The summed E-state index contributed by atoms with van der Waals surface area (Å²) >= 11 is 0. The summed E-state index contributed by atoms with van der Waals surface area (Å²) in [4.78, 5) is 24.6. The second-order valence-corrected chi connectivity index (χ2v) is 12.8. The summed E-state index contributed by atoms with van der Waals surface area (Å²) in [7, 11) is 1.96. The van der Waals surface area contributed by atoms with Gasteiger partial charge in [-0.05, 0) is 96.5 Å². The molecule has 4 rings (SSSR count). The SMILES string of the molecule is CCc1c(C(=O)c2ccc(NC(c3ccc(CC(C)C)cc3)c3ccc(CC(C)C)cc3)cc2)cc(CCCC(=O)O)n1C. The topological polar surface area (TPSA) is 71.3 Å². The average molecular weight is 593 g/mol. The van der Waals surface area contributed by atoms with Crippen LogP contribution in [-0.4, -0.2) is 21.4 Å². The smallest absolute Gasteiger partial charge is 0.303 e. The lowest BCUT2D eigenvalue weighted by Crippen LogP contribution is -2.13. The van der Waals surface area contributed by atoms with Crippen LogP contribution < -0.4 is 5.32 Å². The van der Waals surface area contributed by atoms with Gasteiger partial charge in [0.2, 0.25) is 0 Å². The number of carboxylic acid groups (broad SMARTS) is 1. The molecule has 0 amide bonds. The molecular weight excluding hydrogens is 544 g/mol. The van der Waals surface area contributed by atoms with Gasteiger partial charge in [-0.15, -0.1) is 0 Å². The zero-order chi connectivity index (χ0) is 31.8. The van der Waals surface area contributed by atoms with Gasteiger partial charge in [0.15, 0.2) is 5.78 Å². The number of aryl methyl sites for hydroxylation is 1. The van der Waals surface area contributed by atoms with Gasteiger partial charge in [0.1, 0.15) is 0 Å². The monoisotopic (exact) mass is 592 g/mol. The zero-order valence-corrected chi connectivity index (χ0v) is 27.2. The first-order valence-corrected chi connectivity index (χ1v) is 16.0. The number of carbonyl (C=O) groups is 2. The fourth-order valence-electron chi connectivity index (χ4n) is 6.02. The Morgan fingerprint density at radius 3 is 1.77 bits per heavy atom. The minimum absolute atomic E-state index is 0.00785. The van der Waals surface area contributed by atoms with Crippen LogP contribution in [0.2, 0.25) is 0 Å². The second kappa shape index (κ2) is 15.1. The fraction of sp³-hybridized carbons (Fsp3) is 0.385. The van der Waals surface area contributed by atoms with Crippen molar-refractivity contribution in [2.24, 2.45) is 18.9 Å². The van der Waals surface area contributed by atoms with Crippen LogP contribution in [0.25, 0.3) is 0 Å². The number of nitrogens with one attached hydrogen (secondary N) is 1. The molecular formula is C39H48N2O3. The summed E-state index contributed by atoms with van der Waals surface area (Å²) in [6, 6.07) is 27.5. The Hall–Kier alpha value is -4.12. The molecule has 232 valence electrons. The number of aliphatic carboxylic acids is 1. The molecule has 2 N–H and O–H groups in total. The number of carbonyl (C=O) groups excluding carboxylic acids is 1. The van der Waals surface area contributed by atoms with Crippen molar-refractivity contribution in [3.63, 3.8) is 0 Å². The van der Waals surface area contributed by atoms with Crippen molar-refractivity contribution in [1.82, 2.24) is 4.57 Å². The molecule has 5 heteroatoms. The Balaban J connectivity index is 1.57. The number of hydrogen-bond acceptors (Lipinski definition) is 3. The Morgan fingerprint density at radius 2 is 1.32 bits per heavy atom. The number of ketones is 1. The second-order valence-electron chi connectivity index (χ2n) is 12.8. The van der Waals surface area contributed by atoms with E-state index in [1.54, 1.807) is 0 Å². The molecule has 0 spiro atoms. The van der Waals surface area contributed by atoms with Crippen molar-refractivity contribution in [2.45, 2.75) is 79.2 Å². The molecule has 0 fully saturated rings. The molecule has 5 nitrogen and oxygen atoms in total. The van der Waals surface area contributed by atoms with Crippen LogP contribution in [0.1, 0.15) is 103 Å². The van der Waals surface area contributed by atoms with E-state index in [0.717, 1.165) is 36.3 Å². The highest BCUT2D eigenvalue weighted by Crippen LogP contribution is 2.29.